The Labute approximate surface area is 83.5 Å². The number of rotatable bonds is 2. The molecule has 1 aromatic rings. The smallest absolute Gasteiger partial charge is 0.151 e. The van der Waals surface area contributed by atoms with Gasteiger partial charge in [0.05, 0.1) is 5.69 Å². The van der Waals surface area contributed by atoms with E-state index in [-0.39, 0.29) is 0 Å². The van der Waals surface area contributed by atoms with E-state index < -0.39 is 0 Å². The average Bonchev–Trinajstić information content (AvgIpc) is 2.30. The molecule has 1 aliphatic heterocycles. The van der Waals surface area contributed by atoms with Crippen LogP contribution >= 0.6 is 0 Å². The maximum atomic E-state index is 10.4. The predicted molar refractivity (Wildman–Crippen MR) is 54.2 cm³/mol. The molecule has 0 spiro atoms. The summed E-state index contributed by atoms with van der Waals surface area (Å²) < 4.78 is 0. The third kappa shape index (κ3) is 1.99. The van der Waals surface area contributed by atoms with Crippen LogP contribution in [-0.2, 0) is 0 Å². The molecule has 1 atom stereocenters. The average molecular weight is 190 g/mol. The quantitative estimate of drug-likeness (QED) is 0.722. The number of pyridine rings is 1. The molecule has 1 fully saturated rings. The summed E-state index contributed by atoms with van der Waals surface area (Å²) in [5.74, 6) is 0. The molecule has 2 heterocycles. The summed E-state index contributed by atoms with van der Waals surface area (Å²) in [5, 5.41) is 3.42. The van der Waals surface area contributed by atoms with Gasteiger partial charge in [0.25, 0.3) is 0 Å². The number of piperidine rings is 1. The molecule has 14 heavy (non-hydrogen) atoms. The van der Waals surface area contributed by atoms with E-state index in [1.54, 1.807) is 6.20 Å². The van der Waals surface area contributed by atoms with Crippen molar-refractivity contribution in [1.82, 2.24) is 10.3 Å². The van der Waals surface area contributed by atoms with Crippen molar-refractivity contribution in [3.63, 3.8) is 0 Å². The third-order valence-corrected chi connectivity index (χ3v) is 2.61. The Hall–Kier alpha value is -1.22. The number of aldehydes is 1. The highest BCUT2D eigenvalue weighted by Crippen LogP contribution is 2.20. The van der Waals surface area contributed by atoms with Gasteiger partial charge in [0.1, 0.15) is 0 Å². The Bertz CT molecular complexity index is 302. The topological polar surface area (TPSA) is 42.0 Å². The van der Waals surface area contributed by atoms with Crippen LogP contribution in [0.5, 0.6) is 0 Å². The van der Waals surface area contributed by atoms with Gasteiger partial charge in [0, 0.05) is 17.8 Å². The minimum atomic E-state index is 0.379. The number of nitrogens with zero attached hydrogens (tertiary/aromatic N) is 1. The molecule has 1 aromatic heterocycles. The van der Waals surface area contributed by atoms with Crippen molar-refractivity contribution in [1.29, 1.82) is 0 Å². The maximum absolute atomic E-state index is 10.4. The van der Waals surface area contributed by atoms with Gasteiger partial charge < -0.3 is 5.32 Å². The molecule has 0 radical (unpaired) electrons. The minimum Gasteiger partial charge on any atom is -0.309 e. The Balaban J connectivity index is 2.11. The van der Waals surface area contributed by atoms with E-state index in [9.17, 15) is 4.79 Å². The summed E-state index contributed by atoms with van der Waals surface area (Å²) in [6, 6.07) is 4.14. The number of aromatic nitrogens is 1. The Morgan fingerprint density at radius 2 is 2.36 bits per heavy atom. The van der Waals surface area contributed by atoms with Crippen molar-refractivity contribution < 1.29 is 4.79 Å². The first-order chi connectivity index (χ1) is 6.90. The Morgan fingerprint density at radius 3 is 2.93 bits per heavy atom. The standard InChI is InChI=1S/C11H14N2O/c14-8-9-4-5-11(13-7-9)10-3-1-2-6-12-10/h4-5,7-8,10,12H,1-3,6H2. The van der Waals surface area contributed by atoms with Crippen molar-refractivity contribution in [2.75, 3.05) is 6.54 Å². The lowest BCUT2D eigenvalue weighted by atomic mass is 10.0. The first kappa shape index (κ1) is 9.34. The van der Waals surface area contributed by atoms with Crippen molar-refractivity contribution in [2.45, 2.75) is 25.3 Å². The summed E-state index contributed by atoms with van der Waals surface area (Å²) in [6.45, 7) is 1.07. The number of hydrogen-bond donors (Lipinski definition) is 1. The highest BCUT2D eigenvalue weighted by atomic mass is 16.1. The molecule has 0 aliphatic carbocycles. The zero-order valence-corrected chi connectivity index (χ0v) is 8.07. The molecule has 0 bridgehead atoms. The Morgan fingerprint density at radius 1 is 1.43 bits per heavy atom. The fraction of sp³-hybridized carbons (Fsp3) is 0.455. The largest absolute Gasteiger partial charge is 0.309 e. The number of nitrogens with one attached hydrogen (secondary N) is 1. The minimum absolute atomic E-state index is 0.379. The van der Waals surface area contributed by atoms with Crippen LogP contribution in [-0.4, -0.2) is 17.8 Å². The normalized spacial score (nSPS) is 21.9. The van der Waals surface area contributed by atoms with Gasteiger partial charge in [0.2, 0.25) is 0 Å². The van der Waals surface area contributed by atoms with Crippen LogP contribution in [0, 0.1) is 0 Å². The van der Waals surface area contributed by atoms with Gasteiger partial charge in [-0.3, -0.25) is 9.78 Å². The highest BCUT2D eigenvalue weighted by molar-refractivity contribution is 5.73. The summed E-state index contributed by atoms with van der Waals surface area (Å²) in [4.78, 5) is 14.7. The second-order valence-corrected chi connectivity index (χ2v) is 3.64. The molecule has 1 saturated heterocycles. The SMILES string of the molecule is O=Cc1ccc(C2CCCCN2)nc1. The predicted octanol–water partition coefficient (Wildman–Crippen LogP) is 1.71. The molecule has 3 nitrogen and oxygen atoms in total. The fourth-order valence-electron chi connectivity index (χ4n) is 1.80. The van der Waals surface area contributed by atoms with Crippen LogP contribution in [0.15, 0.2) is 18.3 Å². The number of carbonyl (C=O) groups is 1. The van der Waals surface area contributed by atoms with Gasteiger partial charge in [-0.2, -0.15) is 0 Å². The van der Waals surface area contributed by atoms with E-state index >= 15 is 0 Å². The second-order valence-electron chi connectivity index (χ2n) is 3.64. The molecule has 1 unspecified atom stereocenters. The molecule has 0 saturated carbocycles. The van der Waals surface area contributed by atoms with Gasteiger partial charge in [0.15, 0.2) is 6.29 Å². The first-order valence-electron chi connectivity index (χ1n) is 5.04. The van der Waals surface area contributed by atoms with Crippen molar-refractivity contribution >= 4 is 6.29 Å². The summed E-state index contributed by atoms with van der Waals surface area (Å²) in [5.41, 5.74) is 1.69. The zero-order valence-electron chi connectivity index (χ0n) is 8.07. The molecule has 1 aliphatic rings. The summed E-state index contributed by atoms with van der Waals surface area (Å²) >= 11 is 0. The van der Waals surface area contributed by atoms with Crippen LogP contribution < -0.4 is 5.32 Å². The summed E-state index contributed by atoms with van der Waals surface area (Å²) in [7, 11) is 0. The highest BCUT2D eigenvalue weighted by Gasteiger charge is 2.15. The molecule has 2 rings (SSSR count). The van der Waals surface area contributed by atoms with Crippen molar-refractivity contribution in [2.24, 2.45) is 0 Å². The van der Waals surface area contributed by atoms with E-state index in [0.29, 0.717) is 11.6 Å². The van der Waals surface area contributed by atoms with E-state index in [4.69, 9.17) is 0 Å². The maximum Gasteiger partial charge on any atom is 0.151 e. The van der Waals surface area contributed by atoms with Crippen LogP contribution in [0.1, 0.15) is 41.4 Å². The van der Waals surface area contributed by atoms with Gasteiger partial charge in [-0.1, -0.05) is 6.42 Å². The molecular formula is C11H14N2O. The first-order valence-corrected chi connectivity index (χ1v) is 5.04. The summed E-state index contributed by atoms with van der Waals surface area (Å²) in [6.07, 6.45) is 6.12. The number of carbonyl (C=O) groups excluding carboxylic acids is 1. The van der Waals surface area contributed by atoms with Crippen LogP contribution in [0.4, 0.5) is 0 Å². The lowest BCUT2D eigenvalue weighted by molar-refractivity contribution is 0.112. The molecule has 3 heteroatoms. The number of hydrogen-bond acceptors (Lipinski definition) is 3. The van der Waals surface area contributed by atoms with Gasteiger partial charge in [-0.05, 0) is 31.5 Å². The van der Waals surface area contributed by atoms with Crippen LogP contribution in [0.25, 0.3) is 0 Å². The van der Waals surface area contributed by atoms with Gasteiger partial charge in [-0.15, -0.1) is 0 Å². The molecule has 74 valence electrons. The fourth-order valence-corrected chi connectivity index (χ4v) is 1.80. The van der Waals surface area contributed by atoms with Gasteiger partial charge in [-0.25, -0.2) is 0 Å². The van der Waals surface area contributed by atoms with Gasteiger partial charge >= 0.3 is 0 Å². The third-order valence-electron chi connectivity index (χ3n) is 2.61. The van der Waals surface area contributed by atoms with E-state index in [0.717, 1.165) is 24.9 Å². The Kier molecular flexibility index (Phi) is 2.89. The second kappa shape index (κ2) is 4.33. The zero-order chi connectivity index (χ0) is 9.80. The molecule has 0 amide bonds. The lowest BCUT2D eigenvalue weighted by Gasteiger charge is -2.22. The van der Waals surface area contributed by atoms with Crippen molar-refractivity contribution in [3.05, 3.63) is 29.6 Å². The molecule has 1 N–H and O–H groups in total. The van der Waals surface area contributed by atoms with Crippen LogP contribution in [0.3, 0.4) is 0 Å². The van der Waals surface area contributed by atoms with E-state index in [2.05, 4.69) is 10.3 Å². The van der Waals surface area contributed by atoms with E-state index in [1.165, 1.54) is 12.8 Å². The van der Waals surface area contributed by atoms with Crippen molar-refractivity contribution in [3.8, 4) is 0 Å². The lowest BCUT2D eigenvalue weighted by Crippen LogP contribution is -2.27. The van der Waals surface area contributed by atoms with Crippen LogP contribution in [0.2, 0.25) is 0 Å². The molecule has 0 aromatic carbocycles. The monoisotopic (exact) mass is 190 g/mol. The molecular weight excluding hydrogens is 176 g/mol. The van der Waals surface area contributed by atoms with E-state index in [1.807, 2.05) is 12.1 Å².